The number of imidazole rings is 1. The van der Waals surface area contributed by atoms with Crippen molar-refractivity contribution in [1.82, 2.24) is 14.3 Å². The van der Waals surface area contributed by atoms with Crippen molar-refractivity contribution in [2.45, 2.75) is 0 Å². The number of pyridine rings is 1. The number of amides is 1. The van der Waals surface area contributed by atoms with Crippen molar-refractivity contribution >= 4 is 34.1 Å². The number of nitrogens with zero attached hydrogens (tertiary/aromatic N) is 3. The first-order valence-electron chi connectivity index (χ1n) is 5.12. The second-order valence-electron chi connectivity index (χ2n) is 3.68. The molecule has 2 aromatic heterocycles. The Morgan fingerprint density at radius 3 is 3.06 bits per heavy atom. The molecule has 0 spiro atoms. The van der Waals surface area contributed by atoms with Gasteiger partial charge in [0.25, 0.3) is 5.91 Å². The molecule has 2 aromatic rings. The van der Waals surface area contributed by atoms with Crippen molar-refractivity contribution in [2.75, 3.05) is 20.2 Å². The molecule has 0 aliphatic rings. The quantitative estimate of drug-likeness (QED) is 0.845. The molecule has 2 heterocycles. The van der Waals surface area contributed by atoms with Crippen LogP contribution in [0.15, 0.2) is 24.5 Å². The highest BCUT2D eigenvalue weighted by Gasteiger charge is 2.12. The normalized spacial score (nSPS) is 10.8. The summed E-state index contributed by atoms with van der Waals surface area (Å²) in [6.07, 6.45) is 3.52. The molecular weight excluding hydrogens is 333 g/mol. The van der Waals surface area contributed by atoms with Gasteiger partial charge in [0.2, 0.25) is 0 Å². The molecule has 0 saturated heterocycles. The summed E-state index contributed by atoms with van der Waals surface area (Å²) in [6.45, 7) is 0.297. The van der Waals surface area contributed by atoms with Crippen molar-refractivity contribution in [2.24, 2.45) is 0 Å². The zero-order chi connectivity index (χ0) is 12.4. The number of hydrogen-bond donors (Lipinski definition) is 1. The largest absolute Gasteiger partial charge is 0.395 e. The maximum Gasteiger partial charge on any atom is 0.255 e. The monoisotopic (exact) mass is 345 g/mol. The van der Waals surface area contributed by atoms with Crippen LogP contribution in [0, 0.1) is 3.70 Å². The predicted octanol–water partition coefficient (Wildman–Crippen LogP) is 1.00. The smallest absolute Gasteiger partial charge is 0.255 e. The zero-order valence-corrected chi connectivity index (χ0v) is 11.5. The van der Waals surface area contributed by atoms with Crippen LogP contribution in [0.5, 0.6) is 0 Å². The highest BCUT2D eigenvalue weighted by Crippen LogP contribution is 2.12. The molecule has 6 heteroatoms. The summed E-state index contributed by atoms with van der Waals surface area (Å²) >= 11 is 2.16. The number of carbonyl (C=O) groups excluding carboxylic acids is 1. The minimum atomic E-state index is -0.106. The fourth-order valence-electron chi connectivity index (χ4n) is 1.55. The second-order valence-corrected chi connectivity index (χ2v) is 4.78. The van der Waals surface area contributed by atoms with E-state index in [0.29, 0.717) is 12.1 Å². The number of aliphatic hydroxyl groups is 1. The van der Waals surface area contributed by atoms with Gasteiger partial charge in [-0.15, -0.1) is 0 Å². The summed E-state index contributed by atoms with van der Waals surface area (Å²) in [5.74, 6) is -0.106. The lowest BCUT2D eigenvalue weighted by Crippen LogP contribution is -2.29. The highest BCUT2D eigenvalue weighted by molar-refractivity contribution is 14.1. The molecule has 0 aliphatic heterocycles. The van der Waals surface area contributed by atoms with Gasteiger partial charge in [-0.05, 0) is 34.7 Å². The number of halogens is 1. The van der Waals surface area contributed by atoms with Gasteiger partial charge in [-0.3, -0.25) is 9.20 Å². The topological polar surface area (TPSA) is 57.8 Å². The van der Waals surface area contributed by atoms with E-state index < -0.39 is 0 Å². The lowest BCUT2D eigenvalue weighted by atomic mass is 10.2. The van der Waals surface area contributed by atoms with Gasteiger partial charge in [0.1, 0.15) is 9.35 Å². The van der Waals surface area contributed by atoms with Gasteiger partial charge in [-0.2, -0.15) is 0 Å². The number of likely N-dealkylation sites (N-methyl/N-ethyl adjacent to an activating group) is 1. The number of carbonyl (C=O) groups is 1. The van der Waals surface area contributed by atoms with Crippen molar-refractivity contribution in [3.05, 3.63) is 33.8 Å². The van der Waals surface area contributed by atoms with Gasteiger partial charge in [-0.25, -0.2) is 4.98 Å². The Hall–Kier alpha value is -1.15. The van der Waals surface area contributed by atoms with Crippen LogP contribution in [-0.4, -0.2) is 45.5 Å². The standard InChI is InChI=1S/C11H12IN3O2/c1-14(4-5-16)11(17)8-2-3-10-13-6-9(12)15(10)7-8/h2-3,6-7,16H,4-5H2,1H3. The Balaban J connectivity index is 2.35. The number of aromatic nitrogens is 2. The summed E-state index contributed by atoms with van der Waals surface area (Å²) in [6, 6.07) is 3.55. The first kappa shape index (κ1) is 12.3. The fourth-order valence-corrected chi connectivity index (χ4v) is 2.07. The first-order chi connectivity index (χ1) is 8.13. The fraction of sp³-hybridized carbons (Fsp3) is 0.273. The van der Waals surface area contributed by atoms with E-state index in [4.69, 9.17) is 5.11 Å². The summed E-state index contributed by atoms with van der Waals surface area (Å²) in [7, 11) is 1.67. The summed E-state index contributed by atoms with van der Waals surface area (Å²) in [5.41, 5.74) is 1.40. The van der Waals surface area contributed by atoms with Crippen LogP contribution in [-0.2, 0) is 0 Å². The molecular formula is C11H12IN3O2. The zero-order valence-electron chi connectivity index (χ0n) is 9.30. The number of hydrogen-bond acceptors (Lipinski definition) is 3. The molecule has 0 saturated carbocycles. The number of rotatable bonds is 3. The number of fused-ring (bicyclic) bond motifs is 1. The van der Waals surface area contributed by atoms with Crippen LogP contribution >= 0.6 is 22.6 Å². The third-order valence-corrected chi connectivity index (χ3v) is 3.29. The number of aliphatic hydroxyl groups excluding tert-OH is 1. The average Bonchev–Trinajstić information content (AvgIpc) is 2.70. The first-order valence-corrected chi connectivity index (χ1v) is 6.20. The Labute approximate surface area is 112 Å². The van der Waals surface area contributed by atoms with E-state index in [1.807, 2.05) is 10.5 Å². The summed E-state index contributed by atoms with van der Waals surface area (Å²) < 4.78 is 2.82. The highest BCUT2D eigenvalue weighted by atomic mass is 127. The second kappa shape index (κ2) is 5.01. The van der Waals surface area contributed by atoms with E-state index in [9.17, 15) is 4.79 Å². The minimum absolute atomic E-state index is 0.0346. The van der Waals surface area contributed by atoms with Gasteiger partial charge < -0.3 is 10.0 Å². The Morgan fingerprint density at radius 2 is 2.35 bits per heavy atom. The van der Waals surface area contributed by atoms with Crippen LogP contribution in [0.1, 0.15) is 10.4 Å². The van der Waals surface area contributed by atoms with Crippen LogP contribution in [0.2, 0.25) is 0 Å². The van der Waals surface area contributed by atoms with Crippen LogP contribution < -0.4 is 0 Å². The molecule has 5 nitrogen and oxygen atoms in total. The molecule has 2 rings (SSSR count). The molecule has 0 radical (unpaired) electrons. The third kappa shape index (κ3) is 2.42. The maximum absolute atomic E-state index is 12.0. The van der Waals surface area contributed by atoms with E-state index in [-0.39, 0.29) is 12.5 Å². The van der Waals surface area contributed by atoms with Gasteiger partial charge in [0.05, 0.1) is 18.4 Å². The third-order valence-electron chi connectivity index (χ3n) is 2.49. The van der Waals surface area contributed by atoms with Crippen molar-refractivity contribution in [3.63, 3.8) is 0 Å². The van der Waals surface area contributed by atoms with Crippen molar-refractivity contribution in [3.8, 4) is 0 Å². The average molecular weight is 345 g/mol. The van der Waals surface area contributed by atoms with Gasteiger partial charge in [-0.1, -0.05) is 0 Å². The SMILES string of the molecule is CN(CCO)C(=O)c1ccc2ncc(I)n2c1. The molecule has 0 fully saturated rings. The van der Waals surface area contributed by atoms with Crippen LogP contribution in [0.4, 0.5) is 0 Å². The molecule has 1 N–H and O–H groups in total. The van der Waals surface area contributed by atoms with Gasteiger partial charge in [0, 0.05) is 19.8 Å². The van der Waals surface area contributed by atoms with E-state index in [1.54, 1.807) is 25.5 Å². The van der Waals surface area contributed by atoms with Gasteiger partial charge in [0.15, 0.2) is 0 Å². The van der Waals surface area contributed by atoms with E-state index in [1.165, 1.54) is 4.90 Å². The Kier molecular flexibility index (Phi) is 3.63. The van der Waals surface area contributed by atoms with Crippen LogP contribution in [0.3, 0.4) is 0 Å². The molecule has 0 aromatic carbocycles. The molecule has 0 bridgehead atoms. The summed E-state index contributed by atoms with van der Waals surface area (Å²) in [5, 5.41) is 8.80. The molecule has 0 unspecified atom stereocenters. The predicted molar refractivity (Wildman–Crippen MR) is 72.0 cm³/mol. The van der Waals surface area contributed by atoms with Crippen LogP contribution in [0.25, 0.3) is 5.65 Å². The van der Waals surface area contributed by atoms with E-state index >= 15 is 0 Å². The van der Waals surface area contributed by atoms with Crippen molar-refractivity contribution < 1.29 is 9.90 Å². The molecule has 17 heavy (non-hydrogen) atoms. The maximum atomic E-state index is 12.0. The summed E-state index contributed by atoms with van der Waals surface area (Å²) in [4.78, 5) is 17.7. The lowest BCUT2D eigenvalue weighted by Gasteiger charge is -2.15. The van der Waals surface area contributed by atoms with Crippen molar-refractivity contribution in [1.29, 1.82) is 0 Å². The van der Waals surface area contributed by atoms with E-state index in [2.05, 4.69) is 27.6 Å². The molecule has 1 amide bonds. The molecule has 90 valence electrons. The lowest BCUT2D eigenvalue weighted by molar-refractivity contribution is 0.0766. The molecule has 0 aliphatic carbocycles. The van der Waals surface area contributed by atoms with E-state index in [0.717, 1.165) is 9.35 Å². The van der Waals surface area contributed by atoms with Gasteiger partial charge >= 0.3 is 0 Å². The minimum Gasteiger partial charge on any atom is -0.395 e. The Morgan fingerprint density at radius 1 is 1.59 bits per heavy atom. The molecule has 0 atom stereocenters. The Bertz CT molecular complexity index is 553.